The highest BCUT2D eigenvalue weighted by Gasteiger charge is 2.22. The highest BCUT2D eigenvalue weighted by atomic mass is 16.5. The number of β-amino-alcohol motifs (C(OH)–C–C–N with tert-alkyl or cyclic N) is 1. The predicted octanol–water partition coefficient (Wildman–Crippen LogP) is 4.48. The summed E-state index contributed by atoms with van der Waals surface area (Å²) in [5.41, 5.74) is 6.17. The Morgan fingerprint density at radius 3 is 2.14 bits per heavy atom. The van der Waals surface area contributed by atoms with Gasteiger partial charge in [0.2, 0.25) is 0 Å². The van der Waals surface area contributed by atoms with E-state index in [4.69, 9.17) is 4.74 Å². The second-order valence-corrected chi connectivity index (χ2v) is 7.57. The Morgan fingerprint density at radius 2 is 1.46 bits per heavy atom. The minimum Gasteiger partial charge on any atom is -0.389 e. The van der Waals surface area contributed by atoms with E-state index in [2.05, 4.69) is 60.4 Å². The van der Waals surface area contributed by atoms with Gasteiger partial charge in [0.25, 0.3) is 0 Å². The van der Waals surface area contributed by atoms with Gasteiger partial charge in [-0.05, 0) is 34.7 Å². The van der Waals surface area contributed by atoms with Crippen molar-refractivity contribution in [1.29, 1.82) is 0 Å². The lowest BCUT2D eigenvalue weighted by atomic mass is 9.97. The molecule has 28 heavy (non-hydrogen) atoms. The molecule has 0 saturated carbocycles. The molecular weight excluding hydrogens is 346 g/mol. The summed E-state index contributed by atoms with van der Waals surface area (Å²) < 4.78 is 6.27. The van der Waals surface area contributed by atoms with Gasteiger partial charge >= 0.3 is 0 Å². The van der Waals surface area contributed by atoms with Crippen LogP contribution in [0.3, 0.4) is 0 Å². The second kappa shape index (κ2) is 8.70. The standard InChI is InChI=1S/C25H27NO2/c1-19-9-5-8-14-24(19)25(20-10-3-2-4-11-20)28-18-23(27)17-26-15-21-12-6-7-13-22(21)16-26/h2-14,23,25,27H,15-18H2,1H3. The van der Waals surface area contributed by atoms with Crippen molar-refractivity contribution in [2.24, 2.45) is 0 Å². The lowest BCUT2D eigenvalue weighted by Gasteiger charge is -2.24. The van der Waals surface area contributed by atoms with Gasteiger partial charge in [-0.25, -0.2) is 0 Å². The molecule has 0 spiro atoms. The summed E-state index contributed by atoms with van der Waals surface area (Å²) in [7, 11) is 0. The number of aryl methyl sites for hydroxylation is 1. The largest absolute Gasteiger partial charge is 0.389 e. The summed E-state index contributed by atoms with van der Waals surface area (Å²) in [6, 6.07) is 27.0. The Hall–Kier alpha value is -2.46. The third-order valence-electron chi connectivity index (χ3n) is 5.40. The average molecular weight is 373 g/mol. The third kappa shape index (κ3) is 4.33. The normalized spacial score (nSPS) is 15.9. The van der Waals surface area contributed by atoms with Crippen LogP contribution in [0.25, 0.3) is 0 Å². The van der Waals surface area contributed by atoms with Gasteiger partial charge in [-0.2, -0.15) is 0 Å². The van der Waals surface area contributed by atoms with E-state index in [0.717, 1.165) is 24.2 Å². The lowest BCUT2D eigenvalue weighted by molar-refractivity contribution is -0.00915. The summed E-state index contributed by atoms with van der Waals surface area (Å²) in [4.78, 5) is 2.28. The van der Waals surface area contributed by atoms with Gasteiger partial charge in [-0.1, -0.05) is 78.9 Å². The smallest absolute Gasteiger partial charge is 0.108 e. The van der Waals surface area contributed by atoms with Crippen molar-refractivity contribution < 1.29 is 9.84 Å². The molecule has 1 heterocycles. The molecule has 0 bridgehead atoms. The van der Waals surface area contributed by atoms with Crippen LogP contribution in [0.1, 0.15) is 33.9 Å². The summed E-state index contributed by atoms with van der Waals surface area (Å²) in [6.07, 6.45) is -0.697. The van der Waals surface area contributed by atoms with Crippen LogP contribution in [0, 0.1) is 6.92 Å². The first-order valence-corrected chi connectivity index (χ1v) is 9.90. The number of nitrogens with zero attached hydrogens (tertiary/aromatic N) is 1. The van der Waals surface area contributed by atoms with Crippen molar-refractivity contribution in [2.45, 2.75) is 32.2 Å². The van der Waals surface area contributed by atoms with Crippen molar-refractivity contribution in [3.05, 3.63) is 107 Å². The fourth-order valence-corrected chi connectivity index (χ4v) is 3.97. The molecule has 0 saturated heterocycles. The summed E-state index contributed by atoms with van der Waals surface area (Å²) >= 11 is 0. The van der Waals surface area contributed by atoms with E-state index in [9.17, 15) is 5.11 Å². The molecule has 3 heteroatoms. The van der Waals surface area contributed by atoms with Crippen molar-refractivity contribution in [3.8, 4) is 0 Å². The molecule has 2 atom stereocenters. The topological polar surface area (TPSA) is 32.7 Å². The zero-order chi connectivity index (χ0) is 19.3. The molecule has 3 nitrogen and oxygen atoms in total. The summed E-state index contributed by atoms with van der Waals surface area (Å²) in [5.74, 6) is 0. The van der Waals surface area contributed by atoms with Gasteiger partial charge in [0.15, 0.2) is 0 Å². The molecule has 0 aromatic heterocycles. The fourth-order valence-electron chi connectivity index (χ4n) is 3.97. The first-order valence-electron chi connectivity index (χ1n) is 9.90. The Bertz CT molecular complexity index is 884. The van der Waals surface area contributed by atoms with E-state index in [-0.39, 0.29) is 6.10 Å². The van der Waals surface area contributed by atoms with E-state index < -0.39 is 6.10 Å². The quantitative estimate of drug-likeness (QED) is 0.663. The van der Waals surface area contributed by atoms with Crippen LogP contribution in [0.2, 0.25) is 0 Å². The minimum atomic E-state index is -0.524. The van der Waals surface area contributed by atoms with Crippen LogP contribution in [0.5, 0.6) is 0 Å². The van der Waals surface area contributed by atoms with Crippen molar-refractivity contribution in [1.82, 2.24) is 4.90 Å². The number of aliphatic hydroxyl groups is 1. The number of hydrogen-bond acceptors (Lipinski definition) is 3. The van der Waals surface area contributed by atoms with Gasteiger partial charge in [0, 0.05) is 19.6 Å². The van der Waals surface area contributed by atoms with Gasteiger partial charge in [-0.3, -0.25) is 4.90 Å². The van der Waals surface area contributed by atoms with Crippen LogP contribution < -0.4 is 0 Å². The number of fused-ring (bicyclic) bond motifs is 1. The number of aliphatic hydroxyl groups excluding tert-OH is 1. The first kappa shape index (κ1) is 18.9. The molecule has 1 aliphatic heterocycles. The van der Waals surface area contributed by atoms with E-state index in [1.54, 1.807) is 0 Å². The van der Waals surface area contributed by atoms with Crippen molar-refractivity contribution in [2.75, 3.05) is 13.2 Å². The molecule has 144 valence electrons. The number of rotatable bonds is 7. The monoisotopic (exact) mass is 373 g/mol. The molecule has 3 aromatic rings. The van der Waals surface area contributed by atoms with Crippen LogP contribution in [0.4, 0.5) is 0 Å². The van der Waals surface area contributed by atoms with Crippen molar-refractivity contribution >= 4 is 0 Å². The Kier molecular flexibility index (Phi) is 5.87. The average Bonchev–Trinajstić information content (AvgIpc) is 3.12. The maximum absolute atomic E-state index is 10.6. The maximum atomic E-state index is 10.6. The first-order chi connectivity index (χ1) is 13.7. The SMILES string of the molecule is Cc1ccccc1C(OCC(O)CN1Cc2ccccc2C1)c1ccccc1. The Balaban J connectivity index is 1.41. The molecule has 1 N–H and O–H groups in total. The molecule has 2 unspecified atom stereocenters. The molecule has 0 radical (unpaired) electrons. The number of ether oxygens (including phenoxy) is 1. The number of benzene rings is 3. The summed E-state index contributed by atoms with van der Waals surface area (Å²) in [5, 5.41) is 10.6. The van der Waals surface area contributed by atoms with E-state index in [0.29, 0.717) is 13.2 Å². The molecule has 1 aliphatic rings. The van der Waals surface area contributed by atoms with Gasteiger partial charge in [0.05, 0.1) is 12.7 Å². The lowest BCUT2D eigenvalue weighted by Crippen LogP contribution is -2.32. The zero-order valence-corrected chi connectivity index (χ0v) is 16.3. The van der Waals surface area contributed by atoms with E-state index in [1.165, 1.54) is 16.7 Å². The van der Waals surface area contributed by atoms with Gasteiger partial charge < -0.3 is 9.84 Å². The van der Waals surface area contributed by atoms with Crippen LogP contribution in [0.15, 0.2) is 78.9 Å². The van der Waals surface area contributed by atoms with Crippen LogP contribution in [-0.2, 0) is 17.8 Å². The predicted molar refractivity (Wildman–Crippen MR) is 112 cm³/mol. The number of hydrogen-bond donors (Lipinski definition) is 1. The Morgan fingerprint density at radius 1 is 0.857 bits per heavy atom. The highest BCUT2D eigenvalue weighted by molar-refractivity contribution is 5.35. The second-order valence-electron chi connectivity index (χ2n) is 7.57. The van der Waals surface area contributed by atoms with Crippen LogP contribution in [-0.4, -0.2) is 29.3 Å². The molecular formula is C25H27NO2. The Labute approximate surface area is 167 Å². The molecule has 4 rings (SSSR count). The highest BCUT2D eigenvalue weighted by Crippen LogP contribution is 2.29. The fraction of sp³-hybridized carbons (Fsp3) is 0.280. The zero-order valence-electron chi connectivity index (χ0n) is 16.3. The minimum absolute atomic E-state index is 0.173. The van der Waals surface area contributed by atoms with Crippen molar-refractivity contribution in [3.63, 3.8) is 0 Å². The van der Waals surface area contributed by atoms with E-state index >= 15 is 0 Å². The van der Waals surface area contributed by atoms with Gasteiger partial charge in [-0.15, -0.1) is 0 Å². The molecule has 3 aromatic carbocycles. The molecule has 0 fully saturated rings. The molecule has 0 amide bonds. The summed E-state index contributed by atoms with van der Waals surface area (Å²) in [6.45, 7) is 4.82. The van der Waals surface area contributed by atoms with Gasteiger partial charge in [0.1, 0.15) is 6.10 Å². The third-order valence-corrected chi connectivity index (χ3v) is 5.40. The van der Waals surface area contributed by atoms with E-state index in [1.807, 2.05) is 30.3 Å². The van der Waals surface area contributed by atoms with Crippen LogP contribution >= 0.6 is 0 Å². The molecule has 0 aliphatic carbocycles. The maximum Gasteiger partial charge on any atom is 0.108 e.